The SMILES string of the molecule is CCc1cccc(C)c1NC(=O)COc1ccc(C(C)(C)C)cc1. The van der Waals surface area contributed by atoms with E-state index in [-0.39, 0.29) is 17.9 Å². The molecule has 1 amide bonds. The van der Waals surface area contributed by atoms with Gasteiger partial charge in [-0.3, -0.25) is 4.79 Å². The van der Waals surface area contributed by atoms with E-state index in [0.29, 0.717) is 5.75 Å². The van der Waals surface area contributed by atoms with E-state index in [9.17, 15) is 4.79 Å². The molecule has 0 bridgehead atoms. The van der Waals surface area contributed by atoms with Crippen LogP contribution in [0, 0.1) is 6.92 Å². The topological polar surface area (TPSA) is 38.3 Å². The second kappa shape index (κ2) is 7.52. The van der Waals surface area contributed by atoms with Gasteiger partial charge in [-0.1, -0.05) is 58.0 Å². The fourth-order valence-corrected chi connectivity index (χ4v) is 2.58. The molecule has 3 nitrogen and oxygen atoms in total. The first-order valence-corrected chi connectivity index (χ1v) is 8.43. The first kappa shape index (κ1) is 18.1. The molecule has 3 heteroatoms. The second-order valence-corrected chi connectivity index (χ2v) is 7.07. The van der Waals surface area contributed by atoms with Crippen molar-refractivity contribution < 1.29 is 9.53 Å². The number of amides is 1. The zero-order valence-electron chi connectivity index (χ0n) is 15.3. The number of ether oxygens (including phenoxy) is 1. The Bertz CT molecular complexity index is 697. The van der Waals surface area contributed by atoms with Crippen molar-refractivity contribution in [1.82, 2.24) is 0 Å². The predicted octanol–water partition coefficient (Wildman–Crippen LogP) is 4.87. The minimum atomic E-state index is -0.140. The normalized spacial score (nSPS) is 11.2. The highest BCUT2D eigenvalue weighted by molar-refractivity contribution is 5.93. The van der Waals surface area contributed by atoms with Crippen LogP contribution in [0.3, 0.4) is 0 Å². The summed E-state index contributed by atoms with van der Waals surface area (Å²) in [6, 6.07) is 14.0. The molecule has 0 atom stereocenters. The first-order valence-electron chi connectivity index (χ1n) is 8.43. The number of carbonyl (C=O) groups is 1. The fourth-order valence-electron chi connectivity index (χ4n) is 2.58. The summed E-state index contributed by atoms with van der Waals surface area (Å²) in [5.41, 5.74) is 4.45. The molecule has 2 rings (SSSR count). The Morgan fingerprint density at radius 1 is 1.08 bits per heavy atom. The van der Waals surface area contributed by atoms with Gasteiger partial charge in [-0.2, -0.15) is 0 Å². The van der Waals surface area contributed by atoms with E-state index in [2.05, 4.69) is 33.0 Å². The lowest BCUT2D eigenvalue weighted by molar-refractivity contribution is -0.118. The molecule has 2 aromatic rings. The average molecular weight is 325 g/mol. The summed E-state index contributed by atoms with van der Waals surface area (Å²) in [5.74, 6) is 0.567. The van der Waals surface area contributed by atoms with E-state index in [1.807, 2.05) is 49.4 Å². The average Bonchev–Trinajstić information content (AvgIpc) is 2.54. The van der Waals surface area contributed by atoms with Crippen LogP contribution < -0.4 is 10.1 Å². The smallest absolute Gasteiger partial charge is 0.262 e. The molecular formula is C21H27NO2. The lowest BCUT2D eigenvalue weighted by Crippen LogP contribution is -2.21. The number of hydrogen-bond acceptors (Lipinski definition) is 2. The molecule has 1 N–H and O–H groups in total. The summed E-state index contributed by atoms with van der Waals surface area (Å²) in [6.07, 6.45) is 0.881. The molecule has 0 aliphatic rings. The van der Waals surface area contributed by atoms with Crippen molar-refractivity contribution in [3.05, 3.63) is 59.2 Å². The van der Waals surface area contributed by atoms with Gasteiger partial charge in [-0.15, -0.1) is 0 Å². The van der Waals surface area contributed by atoms with Crippen LogP contribution in [0.15, 0.2) is 42.5 Å². The lowest BCUT2D eigenvalue weighted by atomic mass is 9.87. The maximum atomic E-state index is 12.2. The third-order valence-electron chi connectivity index (χ3n) is 4.09. The largest absolute Gasteiger partial charge is 0.484 e. The molecule has 0 saturated carbocycles. The maximum Gasteiger partial charge on any atom is 0.262 e. The Labute approximate surface area is 145 Å². The van der Waals surface area contributed by atoms with Crippen LogP contribution in [0.2, 0.25) is 0 Å². The van der Waals surface area contributed by atoms with Gasteiger partial charge in [-0.25, -0.2) is 0 Å². The van der Waals surface area contributed by atoms with Gasteiger partial charge in [0.2, 0.25) is 0 Å². The van der Waals surface area contributed by atoms with Gasteiger partial charge >= 0.3 is 0 Å². The zero-order valence-corrected chi connectivity index (χ0v) is 15.3. The number of aryl methyl sites for hydroxylation is 2. The number of rotatable bonds is 5. The monoisotopic (exact) mass is 325 g/mol. The fraction of sp³-hybridized carbons (Fsp3) is 0.381. The number of benzene rings is 2. The van der Waals surface area contributed by atoms with Crippen LogP contribution in [0.25, 0.3) is 0 Å². The molecule has 0 heterocycles. The Balaban J connectivity index is 1.97. The maximum absolute atomic E-state index is 12.2. The number of nitrogens with one attached hydrogen (secondary N) is 1. The van der Waals surface area contributed by atoms with E-state index >= 15 is 0 Å². The Morgan fingerprint density at radius 2 is 1.75 bits per heavy atom. The third kappa shape index (κ3) is 4.60. The summed E-state index contributed by atoms with van der Waals surface area (Å²) in [7, 11) is 0. The highest BCUT2D eigenvalue weighted by Gasteiger charge is 2.13. The molecule has 24 heavy (non-hydrogen) atoms. The number of hydrogen-bond donors (Lipinski definition) is 1. The second-order valence-electron chi connectivity index (χ2n) is 7.07. The summed E-state index contributed by atoms with van der Waals surface area (Å²) in [4.78, 5) is 12.2. The minimum Gasteiger partial charge on any atom is -0.484 e. The molecule has 128 valence electrons. The van der Waals surface area contributed by atoms with Crippen molar-refractivity contribution in [2.75, 3.05) is 11.9 Å². The van der Waals surface area contributed by atoms with Gasteiger partial charge in [0.1, 0.15) is 5.75 Å². The van der Waals surface area contributed by atoms with Crippen molar-refractivity contribution >= 4 is 11.6 Å². The molecular weight excluding hydrogens is 298 g/mol. The summed E-state index contributed by atoms with van der Waals surface area (Å²) in [6.45, 7) is 10.6. The van der Waals surface area contributed by atoms with Crippen molar-refractivity contribution in [3.63, 3.8) is 0 Å². The quantitative estimate of drug-likeness (QED) is 0.851. The van der Waals surface area contributed by atoms with E-state index in [4.69, 9.17) is 4.74 Å². The van der Waals surface area contributed by atoms with Gasteiger partial charge in [0, 0.05) is 5.69 Å². The Morgan fingerprint density at radius 3 is 2.33 bits per heavy atom. The Hall–Kier alpha value is -2.29. The predicted molar refractivity (Wildman–Crippen MR) is 99.8 cm³/mol. The highest BCUT2D eigenvalue weighted by Crippen LogP contribution is 2.24. The molecule has 0 aromatic heterocycles. The van der Waals surface area contributed by atoms with E-state index in [0.717, 1.165) is 23.2 Å². The standard InChI is InChI=1S/C21H27NO2/c1-6-16-9-7-8-15(2)20(16)22-19(23)14-24-18-12-10-17(11-13-18)21(3,4)5/h7-13H,6,14H2,1-5H3,(H,22,23). The lowest BCUT2D eigenvalue weighted by Gasteiger charge is -2.19. The number of carbonyl (C=O) groups excluding carboxylic acids is 1. The van der Waals surface area contributed by atoms with Gasteiger partial charge in [-0.05, 0) is 47.6 Å². The third-order valence-corrected chi connectivity index (χ3v) is 4.09. The molecule has 0 spiro atoms. The minimum absolute atomic E-state index is 0.00630. The van der Waals surface area contributed by atoms with Crippen LogP contribution >= 0.6 is 0 Å². The van der Waals surface area contributed by atoms with Crippen LogP contribution in [0.4, 0.5) is 5.69 Å². The highest BCUT2D eigenvalue weighted by atomic mass is 16.5. The van der Waals surface area contributed by atoms with Crippen molar-refractivity contribution in [2.45, 2.75) is 46.5 Å². The van der Waals surface area contributed by atoms with Crippen molar-refractivity contribution in [1.29, 1.82) is 0 Å². The number of para-hydroxylation sites is 1. The van der Waals surface area contributed by atoms with Crippen LogP contribution in [-0.2, 0) is 16.6 Å². The van der Waals surface area contributed by atoms with Crippen molar-refractivity contribution in [3.8, 4) is 5.75 Å². The van der Waals surface area contributed by atoms with Gasteiger partial charge in [0.15, 0.2) is 6.61 Å². The zero-order chi connectivity index (χ0) is 17.7. The molecule has 0 aliphatic heterocycles. The first-order chi connectivity index (χ1) is 11.3. The summed E-state index contributed by atoms with van der Waals surface area (Å²) < 4.78 is 5.61. The van der Waals surface area contributed by atoms with Crippen LogP contribution in [0.5, 0.6) is 5.75 Å². The summed E-state index contributed by atoms with van der Waals surface area (Å²) >= 11 is 0. The number of anilines is 1. The van der Waals surface area contributed by atoms with Gasteiger partial charge < -0.3 is 10.1 Å². The van der Waals surface area contributed by atoms with Crippen LogP contribution in [-0.4, -0.2) is 12.5 Å². The Kier molecular flexibility index (Phi) is 5.66. The van der Waals surface area contributed by atoms with Gasteiger partial charge in [0.25, 0.3) is 5.91 Å². The van der Waals surface area contributed by atoms with E-state index in [1.165, 1.54) is 5.56 Å². The van der Waals surface area contributed by atoms with E-state index < -0.39 is 0 Å². The molecule has 0 unspecified atom stereocenters. The van der Waals surface area contributed by atoms with Crippen molar-refractivity contribution in [2.24, 2.45) is 0 Å². The molecule has 0 saturated heterocycles. The van der Waals surface area contributed by atoms with Gasteiger partial charge in [0.05, 0.1) is 0 Å². The molecule has 0 radical (unpaired) electrons. The van der Waals surface area contributed by atoms with E-state index in [1.54, 1.807) is 0 Å². The summed E-state index contributed by atoms with van der Waals surface area (Å²) in [5, 5.41) is 2.97. The van der Waals surface area contributed by atoms with Crippen LogP contribution in [0.1, 0.15) is 44.4 Å². The molecule has 2 aromatic carbocycles. The molecule has 0 aliphatic carbocycles. The molecule has 0 fully saturated rings.